The van der Waals surface area contributed by atoms with Gasteiger partial charge in [-0.2, -0.15) is 8.62 Å². The topological polar surface area (TPSA) is 737 Å². The number of aromatic nitrogens is 10. The first-order valence-corrected chi connectivity index (χ1v) is 54.0. The number of nitrogens with one attached hydrogen (secondary N) is 2. The van der Waals surface area contributed by atoms with Crippen molar-refractivity contribution in [3.63, 3.8) is 0 Å². The van der Waals surface area contributed by atoms with Crippen LogP contribution in [0.15, 0.2) is 152 Å². The summed E-state index contributed by atoms with van der Waals surface area (Å²) in [4.78, 5) is 196. The summed E-state index contributed by atoms with van der Waals surface area (Å²) in [6.45, 7) is 26.8. The molecule has 5 fully saturated rings. The Bertz CT molecular complexity index is 6690. The lowest BCUT2D eigenvalue weighted by Gasteiger charge is -2.37. The van der Waals surface area contributed by atoms with E-state index in [9.17, 15) is 132 Å². The average molecular weight is 2080 g/mol. The Balaban J connectivity index is 0.000000201. The fourth-order valence-electron chi connectivity index (χ4n) is 14.6. The molecule has 17 atom stereocenters. The molecule has 58 heteroatoms. The maximum atomic E-state index is 13.2. The zero-order chi connectivity index (χ0) is 105. The van der Waals surface area contributed by atoms with Crippen LogP contribution in [0.25, 0.3) is 0 Å². The number of para-hydroxylation sites is 3. The number of hydrogen-bond donors (Lipinski definition) is 13. The number of aromatic amines is 2. The van der Waals surface area contributed by atoms with Crippen molar-refractivity contribution in [2.45, 2.75) is 256 Å². The number of nitro groups is 3. The average Bonchev–Trinajstić information content (AvgIpc) is 1.75. The molecule has 7 unspecified atom stereocenters. The van der Waals surface area contributed by atoms with Crippen LogP contribution in [0, 0.1) is 65.0 Å². The molecule has 0 radical (unpaired) electrons. The van der Waals surface area contributed by atoms with Crippen molar-refractivity contribution in [1.82, 2.24) is 46.5 Å². The molecule has 8 aromatic rings. The maximum Gasteiger partial charge on any atom is 0.490 e. The van der Waals surface area contributed by atoms with E-state index in [1.807, 2.05) is 0 Å². The highest BCUT2D eigenvalue weighted by Crippen LogP contribution is 2.66. The third-order valence-electron chi connectivity index (χ3n) is 24.5. The van der Waals surface area contributed by atoms with Gasteiger partial charge in [-0.3, -0.25) is 105 Å². The van der Waals surface area contributed by atoms with Crippen molar-refractivity contribution < 1.29 is 129 Å². The van der Waals surface area contributed by atoms with E-state index in [4.69, 9.17) is 47.4 Å². The number of H-pyrrole nitrogens is 2. The van der Waals surface area contributed by atoms with E-state index < -0.39 is 223 Å². The minimum Gasteiger partial charge on any atom is -0.414 e. The Kier molecular flexibility index (Phi) is 37.6. The van der Waals surface area contributed by atoms with Gasteiger partial charge in [0.05, 0.1) is 98.0 Å². The summed E-state index contributed by atoms with van der Waals surface area (Å²) < 4.78 is 94.7. The third-order valence-corrected chi connectivity index (χ3v) is 37.3. The molecule has 13 N–H and O–H groups in total. The number of aryl methyl sites for hydroxylation is 5. The first kappa shape index (κ1) is 114. The van der Waals surface area contributed by atoms with Gasteiger partial charge in [-0.15, -0.1) is 0 Å². The number of nitrogens with zero attached hydrogens (tertiary/aromatic N) is 11. The van der Waals surface area contributed by atoms with Gasteiger partial charge in [-0.25, -0.2) is 37.7 Å². The smallest absolute Gasteiger partial charge is 0.414 e. The molecular weight excluding hydrogens is 1970 g/mol. The van der Waals surface area contributed by atoms with Crippen molar-refractivity contribution in [2.24, 2.45) is 0 Å². The van der Waals surface area contributed by atoms with Crippen molar-refractivity contribution in [3.05, 3.63) is 283 Å². The molecule has 0 amide bonds. The van der Waals surface area contributed by atoms with Gasteiger partial charge >= 0.3 is 51.9 Å². The third kappa shape index (κ3) is 28.8. The van der Waals surface area contributed by atoms with Gasteiger partial charge in [0.1, 0.15) is 61.7 Å². The predicted molar refractivity (Wildman–Crippen MR) is 501 cm³/mol. The molecule has 0 bridgehead atoms. The minimum atomic E-state index is -5.76. The highest BCUT2D eigenvalue weighted by molar-refractivity contribution is 7.66. The number of phosphoric ester groups is 1. The van der Waals surface area contributed by atoms with Crippen LogP contribution in [0.5, 0.6) is 0 Å². The predicted octanol–water partition coefficient (Wildman–Crippen LogP) is 3.13. The number of phosphoric acid groups is 3. The molecule has 0 saturated carbocycles. The van der Waals surface area contributed by atoms with Gasteiger partial charge in [0.15, 0.2) is 16.6 Å². The van der Waals surface area contributed by atoms with Gasteiger partial charge in [-0.05, 0) is 70.9 Å². The molecule has 776 valence electrons. The Labute approximate surface area is 801 Å². The van der Waals surface area contributed by atoms with Crippen LogP contribution >= 0.6 is 23.5 Å². The molecular formula is C83H116N13O40P3Si2. The first-order chi connectivity index (χ1) is 65.4. The van der Waals surface area contributed by atoms with Gasteiger partial charge in [0, 0.05) is 126 Å². The fraction of sp³-hybridized carbons (Fsp3) is 0.542. The van der Waals surface area contributed by atoms with Crippen LogP contribution in [0.3, 0.4) is 0 Å². The second-order valence-corrected chi connectivity index (χ2v) is 50.9. The van der Waals surface area contributed by atoms with E-state index in [1.165, 1.54) is 118 Å². The van der Waals surface area contributed by atoms with Crippen molar-refractivity contribution in [2.75, 3.05) is 33.0 Å². The van der Waals surface area contributed by atoms with Gasteiger partial charge < -0.3 is 87.9 Å². The van der Waals surface area contributed by atoms with Crippen molar-refractivity contribution >= 4 is 57.2 Å². The summed E-state index contributed by atoms with van der Waals surface area (Å²) in [6.07, 6.45) is -5.77. The molecule has 0 spiro atoms. The zero-order valence-corrected chi connectivity index (χ0v) is 83.9. The Morgan fingerprint density at radius 1 is 0.397 bits per heavy atom. The second-order valence-electron chi connectivity index (χ2n) is 36.9. The largest absolute Gasteiger partial charge is 0.490 e. The lowest BCUT2D eigenvalue weighted by atomic mass is 10.1. The van der Waals surface area contributed by atoms with Crippen LogP contribution in [0.4, 0.5) is 17.1 Å². The number of ether oxygens (including phenoxy) is 5. The van der Waals surface area contributed by atoms with Crippen LogP contribution in [0.1, 0.15) is 149 Å². The normalized spacial score (nSPS) is 23.3. The first-order valence-electron chi connectivity index (χ1n) is 43.6. The van der Waals surface area contributed by atoms with Crippen molar-refractivity contribution in [1.29, 1.82) is 0 Å². The number of nitro benzene ring substituents is 3. The highest BCUT2D eigenvalue weighted by Gasteiger charge is 2.47. The number of rotatable bonds is 29. The molecule has 5 aliphatic heterocycles. The molecule has 5 aromatic heterocycles. The zero-order valence-electron chi connectivity index (χ0n) is 79.2. The Morgan fingerprint density at radius 2 is 0.652 bits per heavy atom. The molecule has 5 aliphatic rings. The summed E-state index contributed by atoms with van der Waals surface area (Å²) in [5.74, 6) is 0. The van der Waals surface area contributed by atoms with Gasteiger partial charge in [0.25, 0.3) is 44.9 Å². The van der Waals surface area contributed by atoms with E-state index in [-0.39, 0.29) is 119 Å². The summed E-state index contributed by atoms with van der Waals surface area (Å²) in [7, 11) is -20.8. The number of hydrogen-bond acceptors (Lipinski definition) is 36. The molecule has 53 nitrogen and oxygen atoms in total. The fourth-order valence-corrected chi connectivity index (χ4v) is 19.6. The highest BCUT2D eigenvalue weighted by atomic mass is 31.3. The van der Waals surface area contributed by atoms with E-state index >= 15 is 0 Å². The molecule has 0 aliphatic carbocycles. The molecule has 141 heavy (non-hydrogen) atoms. The van der Waals surface area contributed by atoms with Gasteiger partial charge in [-0.1, -0.05) is 96.1 Å². The quantitative estimate of drug-likeness (QED) is 0.0139. The SMILES string of the molecule is Cc1cn([C@H]2CC(O)[C@@H](CO)O2)c(=O)[nH]c1=O.Cc1cn([C@H]2CC(O)[C@@H](CO)O2)c(=O)n(Cc2ccccc2[N+](=O)[O-])c1=O.Cc1cn([C@H]2CC(O)[C@@H](COP(=O)(O)OP(=O)(O)OP(=O)(O)O)O2)c(=O)n(Cc2ccccc2[N+](=O)[O-])c1=O.Cc1cn([C@H]2CC(O)[C@@H](CO[Si](C)(C)C(C)(C)C)O2)c(=O)[nH]c1=O.Cc1cn([C@H]2CC(O)[C@@H](CO[Si](C)(C)C(C)(C)C)O2)c(=O)n(Cc2ccccc2[N+](=O)[O-])c1=O. The van der Waals surface area contributed by atoms with Crippen LogP contribution in [-0.4, -0.2) is 227 Å². The van der Waals surface area contributed by atoms with Crippen LogP contribution in [-0.2, 0) is 79.0 Å². The number of benzene rings is 3. The molecule has 10 heterocycles. The van der Waals surface area contributed by atoms with E-state index in [0.717, 1.165) is 24.5 Å². The minimum absolute atomic E-state index is 0.000441. The lowest BCUT2D eigenvalue weighted by molar-refractivity contribution is -0.385. The summed E-state index contributed by atoms with van der Waals surface area (Å²) in [6, 6.07) is 17.3. The summed E-state index contributed by atoms with van der Waals surface area (Å²) >= 11 is 0. The number of aliphatic hydroxyl groups excluding tert-OH is 7. The summed E-state index contributed by atoms with van der Waals surface area (Å²) in [5, 5.41) is 103. The Hall–Kier alpha value is -10.5. The summed E-state index contributed by atoms with van der Waals surface area (Å²) in [5.41, 5.74) is -4.87. The van der Waals surface area contributed by atoms with Crippen LogP contribution in [0.2, 0.25) is 36.3 Å². The van der Waals surface area contributed by atoms with Crippen molar-refractivity contribution in [3.8, 4) is 0 Å². The van der Waals surface area contributed by atoms with E-state index in [2.05, 4.69) is 90.8 Å². The molecule has 5 saturated heterocycles. The van der Waals surface area contributed by atoms with Gasteiger partial charge in [0.2, 0.25) is 0 Å². The second kappa shape index (κ2) is 46.5. The van der Waals surface area contributed by atoms with E-state index in [0.29, 0.717) is 17.7 Å². The Morgan fingerprint density at radius 3 is 0.915 bits per heavy atom. The molecule has 3 aromatic carbocycles. The molecule has 13 rings (SSSR count). The van der Waals surface area contributed by atoms with Crippen LogP contribution < -0.4 is 56.2 Å². The lowest BCUT2D eigenvalue weighted by Crippen LogP contribution is -2.44. The number of aliphatic hydroxyl groups is 7. The standard InChI is InChI=1S/C23H33N3O7Si.C17H22N3O16P3.C17H19N3O7.C16H28N2O5Si.C10H14N2O5/c1-15-12-24(20-11-18(27)19(33-20)14-32-34(5,6)23(2,3)4)22(29)25(21(15)28)13-16-9-7-8-10-17(16)26(30)31;1-10-7-18(17(23)19(16(10)22)8-11-4-2-3-5-12(11)20(24)25)15-6-13(21)14(34-15)9-33-38(29,30)36-39(31,32)35-37(26,27)28;1-10-7-18(15-6-13(22)14(9-21)27-15)17(24)19(16(10)23)8-11-4-2-3-5-12(11)20(25)26;1-10-8-18(15(21)17-14(10)20)13-7-11(19)12(23-13)9-22-24(5,6)16(2,3)4;1-5-3-12(10(16)11-9(5)15)8-2-6(14)7(4-13)17-8/h7-10,12,18-20,27H,11,13-14H2,1-6H3;2-5,7,13-15,21H,6,8-9H2,1H3,(H,29,30)(H,31,32)(H2,26,27,28);2-5,7,13-15,21-22H,6,8-9H2,1H3;8,11-13,19H,7,9H2,1-6H3,(H,17,20,21);3,6-8,13-14H,2,4H2,1H3,(H,11,15,16)/t18?,19-,20-;2*13?,14-,15-;11?,12-,13-;6?,7-,8-/m11111/s1. The maximum absolute atomic E-state index is 13.2. The van der Waals surface area contributed by atoms with E-state index in [1.54, 1.807) is 32.9 Å². The monoisotopic (exact) mass is 2080 g/mol.